The van der Waals surface area contributed by atoms with E-state index in [0.717, 1.165) is 23.1 Å². The largest absolute Gasteiger partial charge is 0.397 e. The van der Waals surface area contributed by atoms with Gasteiger partial charge in [-0.1, -0.05) is 12.1 Å². The summed E-state index contributed by atoms with van der Waals surface area (Å²) < 4.78 is 0. The van der Waals surface area contributed by atoms with Gasteiger partial charge in [0, 0.05) is 5.92 Å². The molecule has 0 aromatic heterocycles. The Morgan fingerprint density at radius 2 is 1.95 bits per heavy atom. The van der Waals surface area contributed by atoms with E-state index in [1.54, 1.807) is 0 Å². The van der Waals surface area contributed by atoms with Crippen LogP contribution in [-0.4, -0.2) is 5.91 Å². The van der Waals surface area contributed by atoms with Gasteiger partial charge in [-0.15, -0.1) is 0 Å². The maximum atomic E-state index is 12.4. The Hall–Kier alpha value is -1.51. The Labute approximate surface area is 113 Å². The van der Waals surface area contributed by atoms with Gasteiger partial charge in [-0.2, -0.15) is 0 Å². The molecule has 19 heavy (non-hydrogen) atoms. The van der Waals surface area contributed by atoms with Gasteiger partial charge in [0.05, 0.1) is 11.4 Å². The number of nitrogen functional groups attached to an aromatic ring is 1. The Balaban J connectivity index is 1.52. The molecular formula is C16H20N2O. The molecule has 4 rings (SSSR count). The van der Waals surface area contributed by atoms with Crippen molar-refractivity contribution in [1.29, 1.82) is 0 Å². The summed E-state index contributed by atoms with van der Waals surface area (Å²) in [6.45, 7) is 1.99. The molecule has 0 spiro atoms. The number of anilines is 2. The number of fused-ring (bicyclic) bond motifs is 5. The molecule has 1 amide bonds. The zero-order chi connectivity index (χ0) is 13.1. The molecule has 100 valence electrons. The predicted octanol–water partition coefficient (Wildman–Crippen LogP) is 2.81. The quantitative estimate of drug-likeness (QED) is 0.799. The fourth-order valence-electron chi connectivity index (χ4n) is 4.74. The third-order valence-electron chi connectivity index (χ3n) is 5.59. The van der Waals surface area contributed by atoms with Crippen LogP contribution in [0.25, 0.3) is 0 Å². The van der Waals surface area contributed by atoms with Gasteiger partial charge in [0.25, 0.3) is 0 Å². The summed E-state index contributed by atoms with van der Waals surface area (Å²) >= 11 is 0. The van der Waals surface area contributed by atoms with E-state index in [2.05, 4.69) is 5.32 Å². The minimum Gasteiger partial charge on any atom is -0.397 e. The maximum Gasteiger partial charge on any atom is 0.228 e. The molecule has 0 radical (unpaired) electrons. The number of hydrogen-bond donors (Lipinski definition) is 2. The van der Waals surface area contributed by atoms with Crippen molar-refractivity contribution in [2.75, 3.05) is 11.1 Å². The summed E-state index contributed by atoms with van der Waals surface area (Å²) in [4.78, 5) is 12.4. The van der Waals surface area contributed by atoms with Crippen molar-refractivity contribution in [3.8, 4) is 0 Å². The molecule has 4 atom stereocenters. The predicted molar refractivity (Wildman–Crippen MR) is 75.5 cm³/mol. The summed E-state index contributed by atoms with van der Waals surface area (Å²) in [5.74, 6) is 3.51. The highest BCUT2D eigenvalue weighted by molar-refractivity contribution is 5.98. The molecule has 1 aromatic carbocycles. The van der Waals surface area contributed by atoms with Crippen molar-refractivity contribution < 1.29 is 4.79 Å². The van der Waals surface area contributed by atoms with Crippen molar-refractivity contribution in [3.05, 3.63) is 23.8 Å². The zero-order valence-corrected chi connectivity index (χ0v) is 11.2. The first-order valence-electron chi connectivity index (χ1n) is 7.33. The molecule has 3 fully saturated rings. The van der Waals surface area contributed by atoms with Gasteiger partial charge < -0.3 is 11.1 Å². The normalized spacial score (nSPS) is 38.1. The number of nitrogens with two attached hydrogens (primary N) is 1. The highest BCUT2D eigenvalue weighted by Gasteiger charge is 2.67. The number of aryl methyl sites for hydroxylation is 1. The number of benzene rings is 1. The van der Waals surface area contributed by atoms with E-state index in [1.807, 2.05) is 25.1 Å². The van der Waals surface area contributed by atoms with Crippen LogP contribution in [0.3, 0.4) is 0 Å². The summed E-state index contributed by atoms with van der Waals surface area (Å²) in [6, 6.07) is 5.76. The number of carbonyl (C=O) groups is 1. The van der Waals surface area contributed by atoms with Crippen LogP contribution in [0.1, 0.15) is 24.8 Å². The van der Waals surface area contributed by atoms with Crippen molar-refractivity contribution in [3.63, 3.8) is 0 Å². The zero-order valence-electron chi connectivity index (χ0n) is 11.2. The second-order valence-electron chi connectivity index (χ2n) is 6.54. The molecular weight excluding hydrogens is 236 g/mol. The molecule has 3 nitrogen and oxygen atoms in total. The third kappa shape index (κ3) is 1.54. The molecule has 0 saturated heterocycles. The van der Waals surface area contributed by atoms with Crippen LogP contribution in [0.5, 0.6) is 0 Å². The summed E-state index contributed by atoms with van der Waals surface area (Å²) in [5, 5.41) is 3.07. The molecule has 4 unspecified atom stereocenters. The van der Waals surface area contributed by atoms with E-state index in [0.29, 0.717) is 17.5 Å². The SMILES string of the molecule is Cc1cccc(N)c1NC(=O)C1C2C3CCC(C3)C12. The Morgan fingerprint density at radius 1 is 1.26 bits per heavy atom. The van der Waals surface area contributed by atoms with Crippen LogP contribution >= 0.6 is 0 Å². The van der Waals surface area contributed by atoms with Gasteiger partial charge >= 0.3 is 0 Å². The van der Waals surface area contributed by atoms with Crippen LogP contribution in [0.4, 0.5) is 11.4 Å². The number of hydrogen-bond acceptors (Lipinski definition) is 2. The molecule has 2 bridgehead atoms. The number of para-hydroxylation sites is 1. The monoisotopic (exact) mass is 256 g/mol. The Kier molecular flexibility index (Phi) is 2.23. The molecule has 1 aromatic rings. The van der Waals surface area contributed by atoms with Crippen LogP contribution in [0.2, 0.25) is 0 Å². The first-order chi connectivity index (χ1) is 9.16. The Morgan fingerprint density at radius 3 is 2.58 bits per heavy atom. The van der Waals surface area contributed by atoms with Crippen molar-refractivity contribution in [2.24, 2.45) is 29.6 Å². The molecule has 3 N–H and O–H groups in total. The number of amides is 1. The van der Waals surface area contributed by atoms with Crippen molar-refractivity contribution in [2.45, 2.75) is 26.2 Å². The lowest BCUT2D eigenvalue weighted by Crippen LogP contribution is -2.19. The fraction of sp³-hybridized carbons (Fsp3) is 0.562. The van der Waals surface area contributed by atoms with E-state index in [1.165, 1.54) is 19.3 Å². The average molecular weight is 256 g/mol. The lowest BCUT2D eigenvalue weighted by Gasteiger charge is -2.13. The fourth-order valence-corrected chi connectivity index (χ4v) is 4.74. The van der Waals surface area contributed by atoms with Crippen molar-refractivity contribution in [1.82, 2.24) is 0 Å². The topological polar surface area (TPSA) is 55.1 Å². The summed E-state index contributed by atoms with van der Waals surface area (Å²) in [7, 11) is 0. The first kappa shape index (κ1) is 11.3. The second-order valence-corrected chi connectivity index (χ2v) is 6.54. The molecule has 3 heteroatoms. The number of nitrogens with one attached hydrogen (secondary N) is 1. The maximum absolute atomic E-state index is 12.4. The van der Waals surface area contributed by atoms with E-state index in [-0.39, 0.29) is 11.8 Å². The van der Waals surface area contributed by atoms with Crippen LogP contribution < -0.4 is 11.1 Å². The molecule has 0 aliphatic heterocycles. The molecule has 3 aliphatic rings. The van der Waals surface area contributed by atoms with E-state index >= 15 is 0 Å². The number of carbonyl (C=O) groups excluding carboxylic acids is 1. The van der Waals surface area contributed by atoms with Crippen LogP contribution in [0, 0.1) is 36.5 Å². The van der Waals surface area contributed by atoms with Gasteiger partial charge in [-0.25, -0.2) is 0 Å². The average Bonchev–Trinajstić information content (AvgIpc) is 2.83. The summed E-state index contributed by atoms with van der Waals surface area (Å²) in [6.07, 6.45) is 4.08. The van der Waals surface area contributed by atoms with Gasteiger partial charge in [-0.3, -0.25) is 4.79 Å². The molecule has 0 heterocycles. The number of rotatable bonds is 2. The van der Waals surface area contributed by atoms with Crippen LogP contribution in [0.15, 0.2) is 18.2 Å². The lowest BCUT2D eigenvalue weighted by atomic mass is 10.0. The highest BCUT2D eigenvalue weighted by atomic mass is 16.2. The highest BCUT2D eigenvalue weighted by Crippen LogP contribution is 2.69. The standard InChI is InChI=1S/C16H20N2O/c1-8-3-2-4-11(17)15(8)18-16(19)14-12-9-5-6-10(7-9)13(12)14/h2-4,9-10,12-14H,5-7,17H2,1H3,(H,18,19). The lowest BCUT2D eigenvalue weighted by molar-refractivity contribution is -0.118. The van der Waals surface area contributed by atoms with Gasteiger partial charge in [0.2, 0.25) is 5.91 Å². The smallest absolute Gasteiger partial charge is 0.228 e. The van der Waals surface area contributed by atoms with Gasteiger partial charge in [0.15, 0.2) is 0 Å². The first-order valence-corrected chi connectivity index (χ1v) is 7.33. The second kappa shape index (κ2) is 3.75. The molecule has 3 saturated carbocycles. The summed E-state index contributed by atoms with van der Waals surface area (Å²) in [5.41, 5.74) is 8.48. The third-order valence-corrected chi connectivity index (χ3v) is 5.59. The van der Waals surface area contributed by atoms with Gasteiger partial charge in [0.1, 0.15) is 0 Å². The minimum absolute atomic E-state index is 0.201. The minimum atomic E-state index is 0.201. The van der Waals surface area contributed by atoms with E-state index in [9.17, 15) is 4.79 Å². The van der Waals surface area contributed by atoms with Crippen molar-refractivity contribution >= 4 is 17.3 Å². The van der Waals surface area contributed by atoms with Gasteiger partial charge in [-0.05, 0) is 61.5 Å². The van der Waals surface area contributed by atoms with E-state index < -0.39 is 0 Å². The molecule has 3 aliphatic carbocycles. The van der Waals surface area contributed by atoms with Crippen LogP contribution in [-0.2, 0) is 4.79 Å². The van der Waals surface area contributed by atoms with E-state index in [4.69, 9.17) is 5.73 Å². The Bertz CT molecular complexity index is 517.